The summed E-state index contributed by atoms with van der Waals surface area (Å²) >= 11 is 3.25. The lowest BCUT2D eigenvalue weighted by atomic mass is 10.1. The van der Waals surface area contributed by atoms with Crippen LogP contribution in [0.5, 0.6) is 0 Å². The van der Waals surface area contributed by atoms with Crippen molar-refractivity contribution in [1.29, 1.82) is 0 Å². The number of carbonyl (C=O) groups is 1. The largest absolute Gasteiger partial charge is 0.293 e. The lowest BCUT2D eigenvalue weighted by Crippen LogP contribution is -2.16. The normalized spacial score (nSPS) is 11.2. The third-order valence-corrected chi connectivity index (χ3v) is 4.92. The fourth-order valence-corrected chi connectivity index (χ4v) is 3.39. The molecule has 0 radical (unpaired) electrons. The van der Waals surface area contributed by atoms with Crippen LogP contribution in [-0.4, -0.2) is 20.0 Å². The number of sulfone groups is 1. The van der Waals surface area contributed by atoms with Crippen molar-refractivity contribution in [2.45, 2.75) is 4.90 Å². The van der Waals surface area contributed by atoms with E-state index in [1.54, 1.807) is 42.5 Å². The molecule has 0 fully saturated rings. The topological polar surface area (TPSA) is 51.2 Å². The number of carbonyl (C=O) groups excluding carboxylic acids is 1. The zero-order chi connectivity index (χ0) is 13.9. The van der Waals surface area contributed by atoms with Crippen molar-refractivity contribution >= 4 is 31.6 Å². The van der Waals surface area contributed by atoms with Crippen molar-refractivity contribution in [1.82, 2.24) is 0 Å². The maximum absolute atomic E-state index is 12.1. The summed E-state index contributed by atoms with van der Waals surface area (Å²) in [5.74, 6) is -0.948. The van der Waals surface area contributed by atoms with Gasteiger partial charge in [-0.15, -0.1) is 0 Å². The molecule has 0 aliphatic heterocycles. The molecule has 19 heavy (non-hydrogen) atoms. The van der Waals surface area contributed by atoms with Gasteiger partial charge in [-0.3, -0.25) is 4.79 Å². The number of Topliss-reactive ketones (excluding diaryl/α,β-unsaturated/α-hetero) is 1. The molecule has 0 heterocycles. The highest BCUT2D eigenvalue weighted by Gasteiger charge is 2.21. The summed E-state index contributed by atoms with van der Waals surface area (Å²) in [6.07, 6.45) is 0. The van der Waals surface area contributed by atoms with Gasteiger partial charge < -0.3 is 0 Å². The van der Waals surface area contributed by atoms with Gasteiger partial charge in [-0.05, 0) is 18.2 Å². The minimum Gasteiger partial charge on any atom is -0.293 e. The lowest BCUT2D eigenvalue weighted by molar-refractivity contribution is 0.102. The van der Waals surface area contributed by atoms with Crippen LogP contribution < -0.4 is 0 Å². The van der Waals surface area contributed by atoms with E-state index in [0.717, 1.165) is 0 Å². The average molecular weight is 339 g/mol. The molecule has 0 aliphatic carbocycles. The zero-order valence-electron chi connectivity index (χ0n) is 9.91. The third kappa shape index (κ3) is 3.30. The molecular formula is C14H11BrO3S. The monoisotopic (exact) mass is 338 g/mol. The Labute approximate surface area is 120 Å². The van der Waals surface area contributed by atoms with E-state index in [2.05, 4.69) is 15.9 Å². The van der Waals surface area contributed by atoms with E-state index in [0.29, 0.717) is 10.0 Å². The van der Waals surface area contributed by atoms with Gasteiger partial charge in [0.25, 0.3) is 0 Å². The average Bonchev–Trinajstić information content (AvgIpc) is 2.39. The zero-order valence-corrected chi connectivity index (χ0v) is 12.3. The molecule has 2 rings (SSSR count). The summed E-state index contributed by atoms with van der Waals surface area (Å²) in [5, 5.41) is 0. The van der Waals surface area contributed by atoms with Crippen molar-refractivity contribution in [3.05, 3.63) is 64.6 Å². The fourth-order valence-electron chi connectivity index (χ4n) is 1.65. The first-order valence-corrected chi connectivity index (χ1v) is 8.01. The maximum atomic E-state index is 12.1. The second kappa shape index (κ2) is 5.67. The van der Waals surface area contributed by atoms with Crippen LogP contribution in [0.25, 0.3) is 0 Å². The van der Waals surface area contributed by atoms with Crippen molar-refractivity contribution in [3.63, 3.8) is 0 Å². The first kappa shape index (κ1) is 14.0. The molecule has 0 bridgehead atoms. The van der Waals surface area contributed by atoms with Crippen molar-refractivity contribution < 1.29 is 13.2 Å². The molecule has 0 amide bonds. The highest BCUT2D eigenvalue weighted by Crippen LogP contribution is 2.19. The highest BCUT2D eigenvalue weighted by atomic mass is 79.9. The van der Waals surface area contributed by atoms with Crippen LogP contribution in [0.1, 0.15) is 10.4 Å². The van der Waals surface area contributed by atoms with Crippen LogP contribution in [0.3, 0.4) is 0 Å². The molecule has 0 aromatic heterocycles. The number of benzene rings is 2. The van der Waals surface area contributed by atoms with Gasteiger partial charge in [0.15, 0.2) is 15.6 Å². The molecule has 2 aromatic carbocycles. The maximum Gasteiger partial charge on any atom is 0.185 e. The first-order valence-electron chi connectivity index (χ1n) is 5.56. The molecular weight excluding hydrogens is 328 g/mol. The van der Waals surface area contributed by atoms with Crippen LogP contribution in [0.4, 0.5) is 0 Å². The Morgan fingerprint density at radius 1 is 0.947 bits per heavy atom. The summed E-state index contributed by atoms with van der Waals surface area (Å²) in [6.45, 7) is 0. The van der Waals surface area contributed by atoms with E-state index >= 15 is 0 Å². The Morgan fingerprint density at radius 3 is 2.16 bits per heavy atom. The van der Waals surface area contributed by atoms with Gasteiger partial charge in [-0.1, -0.05) is 52.3 Å². The molecule has 0 aliphatic rings. The Hall–Kier alpha value is -1.46. The summed E-state index contributed by atoms with van der Waals surface area (Å²) in [7, 11) is -3.59. The highest BCUT2D eigenvalue weighted by molar-refractivity contribution is 9.10. The van der Waals surface area contributed by atoms with E-state index in [1.165, 1.54) is 12.1 Å². The second-order valence-electron chi connectivity index (χ2n) is 3.98. The Balaban J connectivity index is 2.27. The number of ketones is 1. The van der Waals surface area contributed by atoms with Crippen LogP contribution >= 0.6 is 15.9 Å². The van der Waals surface area contributed by atoms with E-state index in [1.807, 2.05) is 0 Å². The van der Waals surface area contributed by atoms with Gasteiger partial charge >= 0.3 is 0 Å². The smallest absolute Gasteiger partial charge is 0.185 e. The van der Waals surface area contributed by atoms with Gasteiger partial charge in [0.1, 0.15) is 5.75 Å². The van der Waals surface area contributed by atoms with Crippen molar-refractivity contribution in [3.8, 4) is 0 Å². The molecule has 0 saturated carbocycles. The van der Waals surface area contributed by atoms with Crippen LogP contribution in [0.2, 0.25) is 0 Å². The predicted octanol–water partition coefficient (Wildman–Crippen LogP) is 3.11. The van der Waals surface area contributed by atoms with Gasteiger partial charge in [-0.25, -0.2) is 8.42 Å². The minimum absolute atomic E-state index is 0.162. The molecule has 0 unspecified atom stereocenters. The second-order valence-corrected chi connectivity index (χ2v) is 6.82. The number of hydrogen-bond donors (Lipinski definition) is 0. The number of halogens is 1. The SMILES string of the molecule is O=C(CS(=O)(=O)c1ccccc1)c1ccccc1Br. The summed E-state index contributed by atoms with van der Waals surface area (Å²) in [5.41, 5.74) is 0.377. The van der Waals surface area contributed by atoms with E-state index < -0.39 is 21.4 Å². The molecule has 2 aromatic rings. The number of rotatable bonds is 4. The van der Waals surface area contributed by atoms with Gasteiger partial charge in [-0.2, -0.15) is 0 Å². The number of hydrogen-bond acceptors (Lipinski definition) is 3. The summed E-state index contributed by atoms with van der Waals surface area (Å²) in [4.78, 5) is 12.2. The standard InChI is InChI=1S/C14H11BrO3S/c15-13-9-5-4-8-12(13)14(16)10-19(17,18)11-6-2-1-3-7-11/h1-9H,10H2. The molecule has 0 atom stereocenters. The Kier molecular flexibility index (Phi) is 4.17. The molecule has 98 valence electrons. The van der Waals surface area contributed by atoms with Gasteiger partial charge in [0.2, 0.25) is 0 Å². The summed E-state index contributed by atoms with van der Waals surface area (Å²) in [6, 6.07) is 14.8. The van der Waals surface area contributed by atoms with Gasteiger partial charge in [0.05, 0.1) is 4.90 Å². The molecule has 5 heteroatoms. The minimum atomic E-state index is -3.59. The van der Waals surface area contributed by atoms with Crippen molar-refractivity contribution in [2.24, 2.45) is 0 Å². The third-order valence-electron chi connectivity index (χ3n) is 2.60. The molecule has 3 nitrogen and oxygen atoms in total. The van der Waals surface area contributed by atoms with E-state index in [4.69, 9.17) is 0 Å². The quantitative estimate of drug-likeness (QED) is 0.805. The Bertz CT molecular complexity index is 694. The molecule has 0 spiro atoms. The Morgan fingerprint density at radius 2 is 1.53 bits per heavy atom. The van der Waals surface area contributed by atoms with Gasteiger partial charge in [0, 0.05) is 10.0 Å². The first-order chi connectivity index (χ1) is 9.00. The molecule has 0 N–H and O–H groups in total. The van der Waals surface area contributed by atoms with Crippen molar-refractivity contribution in [2.75, 3.05) is 5.75 Å². The van der Waals surface area contributed by atoms with E-state index in [9.17, 15) is 13.2 Å². The lowest BCUT2D eigenvalue weighted by Gasteiger charge is -2.05. The molecule has 0 saturated heterocycles. The summed E-state index contributed by atoms with van der Waals surface area (Å²) < 4.78 is 24.8. The fraction of sp³-hybridized carbons (Fsp3) is 0.0714. The van der Waals surface area contributed by atoms with Crippen LogP contribution in [0.15, 0.2) is 64.0 Å². The van der Waals surface area contributed by atoms with E-state index in [-0.39, 0.29) is 4.90 Å². The van der Waals surface area contributed by atoms with Crippen LogP contribution in [-0.2, 0) is 9.84 Å². The van der Waals surface area contributed by atoms with Crippen LogP contribution in [0, 0.1) is 0 Å². The predicted molar refractivity (Wildman–Crippen MR) is 77.0 cm³/mol.